The van der Waals surface area contributed by atoms with E-state index in [1.165, 1.54) is 25.7 Å². The summed E-state index contributed by atoms with van der Waals surface area (Å²) in [5.74, 6) is 1.38. The zero-order chi connectivity index (χ0) is 10.7. The molecule has 3 heteroatoms. The van der Waals surface area contributed by atoms with Gasteiger partial charge in [0.1, 0.15) is 5.82 Å². The summed E-state index contributed by atoms with van der Waals surface area (Å²) >= 11 is 0. The monoisotopic (exact) mass is 205 g/mol. The highest BCUT2D eigenvalue weighted by Crippen LogP contribution is 2.21. The number of nitrogens with one attached hydrogen (secondary N) is 1. The van der Waals surface area contributed by atoms with Crippen LogP contribution in [0.5, 0.6) is 0 Å². The van der Waals surface area contributed by atoms with Crippen LogP contribution in [0.3, 0.4) is 0 Å². The van der Waals surface area contributed by atoms with Gasteiger partial charge >= 0.3 is 0 Å². The van der Waals surface area contributed by atoms with Gasteiger partial charge in [0.2, 0.25) is 0 Å². The molecule has 0 bridgehead atoms. The lowest BCUT2D eigenvalue weighted by Gasteiger charge is -2.12. The summed E-state index contributed by atoms with van der Waals surface area (Å²) in [5, 5.41) is 3.43. The normalized spacial score (nSPS) is 17.3. The first kappa shape index (κ1) is 10.4. The van der Waals surface area contributed by atoms with E-state index in [4.69, 9.17) is 0 Å². The zero-order valence-corrected chi connectivity index (χ0v) is 9.53. The van der Waals surface area contributed by atoms with Gasteiger partial charge in [0.25, 0.3) is 0 Å². The van der Waals surface area contributed by atoms with Crippen molar-refractivity contribution in [2.45, 2.75) is 51.5 Å². The lowest BCUT2D eigenvalue weighted by molar-refractivity contribution is 0.745. The third-order valence-electron chi connectivity index (χ3n) is 2.97. The third-order valence-corrected chi connectivity index (χ3v) is 2.97. The minimum atomic E-state index is 0.457. The zero-order valence-electron chi connectivity index (χ0n) is 9.53. The van der Waals surface area contributed by atoms with Crippen molar-refractivity contribution in [3.8, 4) is 0 Å². The molecule has 82 valence electrons. The summed E-state index contributed by atoms with van der Waals surface area (Å²) in [7, 11) is 0. The Hall–Kier alpha value is -1.12. The fraction of sp³-hybridized carbons (Fsp3) is 0.667. The average Bonchev–Trinajstić information content (AvgIpc) is 2.71. The Morgan fingerprint density at radius 1 is 1.20 bits per heavy atom. The summed E-state index contributed by atoms with van der Waals surface area (Å²) in [6.45, 7) is 4.27. The van der Waals surface area contributed by atoms with Crippen LogP contribution in [0, 0.1) is 0 Å². The van der Waals surface area contributed by atoms with E-state index in [0.717, 1.165) is 11.5 Å². The minimum Gasteiger partial charge on any atom is -0.366 e. The molecule has 0 aliphatic heterocycles. The quantitative estimate of drug-likeness (QED) is 0.824. The fourth-order valence-electron chi connectivity index (χ4n) is 1.99. The molecular formula is C12H19N3. The second-order valence-corrected chi connectivity index (χ2v) is 4.61. The summed E-state index contributed by atoms with van der Waals surface area (Å²) in [6, 6.07) is 0.615. The van der Waals surface area contributed by atoms with Gasteiger partial charge in [-0.25, -0.2) is 4.98 Å². The maximum Gasteiger partial charge on any atom is 0.144 e. The van der Waals surface area contributed by atoms with Gasteiger partial charge in [-0.3, -0.25) is 4.98 Å². The first-order chi connectivity index (χ1) is 7.25. The Balaban J connectivity index is 1.97. The van der Waals surface area contributed by atoms with Gasteiger partial charge < -0.3 is 5.32 Å². The van der Waals surface area contributed by atoms with Crippen LogP contribution in [0.2, 0.25) is 0 Å². The van der Waals surface area contributed by atoms with Crippen molar-refractivity contribution >= 4 is 5.82 Å². The molecule has 1 heterocycles. The molecule has 0 atom stereocenters. The summed E-state index contributed by atoms with van der Waals surface area (Å²) < 4.78 is 0. The minimum absolute atomic E-state index is 0.457. The largest absolute Gasteiger partial charge is 0.366 e. The smallest absolute Gasteiger partial charge is 0.144 e. The molecule has 1 N–H and O–H groups in total. The summed E-state index contributed by atoms with van der Waals surface area (Å²) in [5.41, 5.74) is 1.06. The van der Waals surface area contributed by atoms with Gasteiger partial charge in [0.15, 0.2) is 0 Å². The number of aromatic nitrogens is 2. The van der Waals surface area contributed by atoms with Gasteiger partial charge in [0.05, 0.1) is 18.1 Å². The lowest BCUT2D eigenvalue weighted by atomic mass is 10.1. The van der Waals surface area contributed by atoms with Crippen LogP contribution in [0.25, 0.3) is 0 Å². The Bertz CT molecular complexity index is 299. The van der Waals surface area contributed by atoms with Gasteiger partial charge in [0, 0.05) is 6.04 Å². The van der Waals surface area contributed by atoms with E-state index in [0.29, 0.717) is 12.0 Å². The fourth-order valence-corrected chi connectivity index (χ4v) is 1.99. The van der Waals surface area contributed by atoms with Gasteiger partial charge in [-0.1, -0.05) is 26.7 Å². The molecule has 2 rings (SSSR count). The maximum absolute atomic E-state index is 4.40. The molecule has 0 spiro atoms. The van der Waals surface area contributed by atoms with E-state index in [9.17, 15) is 0 Å². The third kappa shape index (κ3) is 2.67. The molecule has 1 aromatic rings. The van der Waals surface area contributed by atoms with Crippen LogP contribution in [0.4, 0.5) is 5.82 Å². The number of hydrogen-bond acceptors (Lipinski definition) is 3. The number of hydrogen-bond donors (Lipinski definition) is 1. The van der Waals surface area contributed by atoms with Crippen LogP contribution in [0.15, 0.2) is 12.4 Å². The van der Waals surface area contributed by atoms with Gasteiger partial charge in [-0.05, 0) is 18.8 Å². The topological polar surface area (TPSA) is 37.8 Å². The molecule has 1 aromatic heterocycles. The van der Waals surface area contributed by atoms with E-state index >= 15 is 0 Å². The molecule has 1 aliphatic rings. The van der Waals surface area contributed by atoms with Crippen molar-refractivity contribution in [2.24, 2.45) is 0 Å². The van der Waals surface area contributed by atoms with E-state index in [2.05, 4.69) is 29.1 Å². The average molecular weight is 205 g/mol. The van der Waals surface area contributed by atoms with Gasteiger partial charge in [-0.2, -0.15) is 0 Å². The van der Waals surface area contributed by atoms with Crippen molar-refractivity contribution < 1.29 is 0 Å². The van der Waals surface area contributed by atoms with Crippen LogP contribution >= 0.6 is 0 Å². The highest BCUT2D eigenvalue weighted by atomic mass is 15.0. The van der Waals surface area contributed by atoms with Crippen molar-refractivity contribution in [1.82, 2.24) is 9.97 Å². The highest BCUT2D eigenvalue weighted by molar-refractivity contribution is 5.33. The van der Waals surface area contributed by atoms with E-state index in [1.807, 2.05) is 12.4 Å². The van der Waals surface area contributed by atoms with Crippen molar-refractivity contribution in [2.75, 3.05) is 5.32 Å². The predicted molar refractivity (Wildman–Crippen MR) is 62.0 cm³/mol. The van der Waals surface area contributed by atoms with Crippen LogP contribution in [-0.2, 0) is 0 Å². The summed E-state index contributed by atoms with van der Waals surface area (Å²) in [4.78, 5) is 8.79. The first-order valence-electron chi connectivity index (χ1n) is 5.84. The lowest BCUT2D eigenvalue weighted by Crippen LogP contribution is -2.15. The molecule has 15 heavy (non-hydrogen) atoms. The standard InChI is InChI=1S/C12H19N3/c1-9(2)11-7-14-12(8-13-11)15-10-5-3-4-6-10/h7-10H,3-6H2,1-2H3,(H,14,15). The molecular weight excluding hydrogens is 186 g/mol. The molecule has 1 aliphatic carbocycles. The first-order valence-corrected chi connectivity index (χ1v) is 5.84. The second kappa shape index (κ2) is 4.60. The SMILES string of the molecule is CC(C)c1cnc(NC2CCCC2)cn1. The second-order valence-electron chi connectivity index (χ2n) is 4.61. The molecule has 0 radical (unpaired) electrons. The molecule has 3 nitrogen and oxygen atoms in total. The van der Waals surface area contributed by atoms with Crippen LogP contribution < -0.4 is 5.32 Å². The van der Waals surface area contributed by atoms with Gasteiger partial charge in [-0.15, -0.1) is 0 Å². The maximum atomic E-state index is 4.40. The number of rotatable bonds is 3. The molecule has 1 fully saturated rings. The van der Waals surface area contributed by atoms with E-state index in [-0.39, 0.29) is 0 Å². The number of nitrogens with zero attached hydrogens (tertiary/aromatic N) is 2. The van der Waals surface area contributed by atoms with Crippen LogP contribution in [0.1, 0.15) is 51.1 Å². The Morgan fingerprint density at radius 3 is 2.47 bits per heavy atom. The Morgan fingerprint density at radius 2 is 1.93 bits per heavy atom. The molecule has 0 unspecified atom stereocenters. The summed E-state index contributed by atoms with van der Waals surface area (Å²) in [6.07, 6.45) is 8.96. The number of anilines is 1. The predicted octanol–water partition coefficient (Wildman–Crippen LogP) is 2.95. The Kier molecular flexibility index (Phi) is 3.19. The van der Waals surface area contributed by atoms with E-state index < -0.39 is 0 Å². The highest BCUT2D eigenvalue weighted by Gasteiger charge is 2.14. The molecule has 0 saturated heterocycles. The van der Waals surface area contributed by atoms with Crippen molar-refractivity contribution in [1.29, 1.82) is 0 Å². The molecule has 0 aromatic carbocycles. The molecule has 1 saturated carbocycles. The molecule has 0 amide bonds. The van der Waals surface area contributed by atoms with Crippen molar-refractivity contribution in [3.05, 3.63) is 18.1 Å². The van der Waals surface area contributed by atoms with Crippen molar-refractivity contribution in [3.63, 3.8) is 0 Å². The van der Waals surface area contributed by atoms with Crippen LogP contribution in [-0.4, -0.2) is 16.0 Å². The van der Waals surface area contributed by atoms with E-state index in [1.54, 1.807) is 0 Å². The Labute approximate surface area is 91.3 Å².